The Morgan fingerprint density at radius 2 is 1.40 bits per heavy atom. The molecule has 0 aliphatic heterocycles. The van der Waals surface area contributed by atoms with E-state index in [0.29, 0.717) is 22.6 Å². The van der Waals surface area contributed by atoms with E-state index in [2.05, 4.69) is 25.3 Å². The van der Waals surface area contributed by atoms with Crippen molar-refractivity contribution in [1.82, 2.24) is 9.97 Å². The summed E-state index contributed by atoms with van der Waals surface area (Å²) in [6.45, 7) is 0. The van der Waals surface area contributed by atoms with Gasteiger partial charge in [0.25, 0.3) is 10.0 Å². The molecule has 0 saturated heterocycles. The molecule has 5 rings (SSSR count). The Kier molecular flexibility index (Phi) is 5.90. The summed E-state index contributed by atoms with van der Waals surface area (Å²) in [7, 11) is -3.84. The zero-order valence-corrected chi connectivity index (χ0v) is 19.2. The van der Waals surface area contributed by atoms with Gasteiger partial charge in [0.2, 0.25) is 0 Å². The quantitative estimate of drug-likeness (QED) is 0.249. The Labute approximate surface area is 202 Å². The fraction of sp³-hybridized carbons (Fsp3) is 0. The van der Waals surface area contributed by atoms with Crippen LogP contribution in [0.1, 0.15) is 0 Å². The van der Waals surface area contributed by atoms with Crippen molar-refractivity contribution in [3.8, 4) is 11.1 Å². The van der Waals surface area contributed by atoms with Crippen LogP contribution in [0.15, 0.2) is 108 Å². The molecule has 9 heteroatoms. The monoisotopic (exact) mass is 483 g/mol. The number of sulfonamides is 1. The lowest BCUT2D eigenvalue weighted by molar-refractivity contribution is 0.262. The predicted molar refractivity (Wildman–Crippen MR) is 138 cm³/mol. The van der Waals surface area contributed by atoms with E-state index in [4.69, 9.17) is 0 Å². The van der Waals surface area contributed by atoms with Crippen molar-refractivity contribution in [1.29, 1.82) is 0 Å². The highest BCUT2D eigenvalue weighted by atomic mass is 32.2. The van der Waals surface area contributed by atoms with Crippen LogP contribution >= 0.6 is 0 Å². The normalized spacial score (nSPS) is 11.2. The summed E-state index contributed by atoms with van der Waals surface area (Å²) in [6, 6.07) is 27.6. The molecule has 0 atom stereocenters. The van der Waals surface area contributed by atoms with Crippen molar-refractivity contribution in [2.45, 2.75) is 4.90 Å². The highest BCUT2D eigenvalue weighted by molar-refractivity contribution is 7.92. The van der Waals surface area contributed by atoms with E-state index in [1.165, 1.54) is 0 Å². The van der Waals surface area contributed by atoms with E-state index in [1.807, 2.05) is 30.3 Å². The van der Waals surface area contributed by atoms with Crippen LogP contribution in [-0.2, 0) is 10.0 Å². The summed E-state index contributed by atoms with van der Waals surface area (Å²) in [4.78, 5) is 19.7. The predicted octanol–water partition coefficient (Wildman–Crippen LogP) is 5.67. The number of amides is 2. The first kappa shape index (κ1) is 22.2. The number of rotatable bonds is 6. The number of hydrogen-bond donors (Lipinski definition) is 4. The van der Waals surface area contributed by atoms with Crippen LogP contribution in [0.25, 0.3) is 22.2 Å². The molecule has 0 saturated carbocycles. The lowest BCUT2D eigenvalue weighted by atomic mass is 10.1. The maximum atomic E-state index is 13.1. The minimum atomic E-state index is -3.84. The molecule has 1 heterocycles. The van der Waals surface area contributed by atoms with Gasteiger partial charge in [0.15, 0.2) is 0 Å². The average Bonchev–Trinajstić information content (AvgIpc) is 3.34. The number of urea groups is 1. The van der Waals surface area contributed by atoms with Crippen LogP contribution in [0.2, 0.25) is 0 Å². The molecular weight excluding hydrogens is 462 g/mol. The zero-order valence-electron chi connectivity index (χ0n) is 18.4. The molecule has 0 unspecified atom stereocenters. The standard InChI is InChI=1S/C26H21N5O3S/c32-26(30-21-14-15-23-24(16-21)28-17-27-23)29-19-10-12-20(13-11-19)31-35(33,34)25-9-5-4-8-22(25)18-6-2-1-3-7-18/h1-17,31H,(H,27,28)(H2,29,30,32). The summed E-state index contributed by atoms with van der Waals surface area (Å²) in [5.41, 5.74) is 4.55. The Morgan fingerprint density at radius 1 is 0.743 bits per heavy atom. The van der Waals surface area contributed by atoms with Crippen molar-refractivity contribution < 1.29 is 13.2 Å². The molecule has 174 valence electrons. The van der Waals surface area contributed by atoms with E-state index in [9.17, 15) is 13.2 Å². The molecule has 4 N–H and O–H groups in total. The van der Waals surface area contributed by atoms with Gasteiger partial charge in [-0.05, 0) is 54.1 Å². The molecule has 0 spiro atoms. The van der Waals surface area contributed by atoms with E-state index in [0.717, 1.165) is 16.6 Å². The number of imidazole rings is 1. The van der Waals surface area contributed by atoms with Crippen molar-refractivity contribution >= 4 is 44.1 Å². The van der Waals surface area contributed by atoms with Gasteiger partial charge in [-0.15, -0.1) is 0 Å². The highest BCUT2D eigenvalue weighted by Crippen LogP contribution is 2.28. The van der Waals surface area contributed by atoms with Gasteiger partial charge in [-0.25, -0.2) is 18.2 Å². The first-order valence-corrected chi connectivity index (χ1v) is 12.2. The molecule has 0 radical (unpaired) electrons. The van der Waals surface area contributed by atoms with Crippen LogP contribution in [-0.4, -0.2) is 24.4 Å². The largest absolute Gasteiger partial charge is 0.345 e. The second kappa shape index (κ2) is 9.32. The minimum Gasteiger partial charge on any atom is -0.345 e. The molecule has 35 heavy (non-hydrogen) atoms. The average molecular weight is 484 g/mol. The first-order valence-electron chi connectivity index (χ1n) is 10.8. The fourth-order valence-electron chi connectivity index (χ4n) is 3.70. The van der Waals surface area contributed by atoms with Crippen LogP contribution in [0.3, 0.4) is 0 Å². The molecular formula is C26H21N5O3S. The second-order valence-corrected chi connectivity index (χ2v) is 9.41. The zero-order chi connectivity index (χ0) is 24.3. The third-order valence-corrected chi connectivity index (χ3v) is 6.77. The maximum Gasteiger partial charge on any atom is 0.323 e. The van der Waals surface area contributed by atoms with Crippen molar-refractivity contribution in [2.75, 3.05) is 15.4 Å². The summed E-state index contributed by atoms with van der Waals surface area (Å²) in [5.74, 6) is 0. The molecule has 0 aliphatic rings. The molecule has 1 aromatic heterocycles. The van der Waals surface area contributed by atoms with E-state index >= 15 is 0 Å². The van der Waals surface area contributed by atoms with Gasteiger partial charge in [0, 0.05) is 22.6 Å². The number of H-pyrrole nitrogens is 1. The number of carbonyl (C=O) groups is 1. The van der Waals surface area contributed by atoms with Crippen LogP contribution in [0.4, 0.5) is 21.9 Å². The van der Waals surface area contributed by atoms with E-state index in [1.54, 1.807) is 73.1 Å². The molecule has 4 aromatic carbocycles. The first-order chi connectivity index (χ1) is 17.0. The molecule has 0 aliphatic carbocycles. The maximum absolute atomic E-state index is 13.1. The van der Waals surface area contributed by atoms with Gasteiger partial charge in [0.05, 0.1) is 22.3 Å². The van der Waals surface area contributed by atoms with E-state index < -0.39 is 16.1 Å². The van der Waals surface area contributed by atoms with Crippen LogP contribution < -0.4 is 15.4 Å². The number of carbonyl (C=O) groups excluding carboxylic acids is 1. The third-order valence-electron chi connectivity index (χ3n) is 5.33. The van der Waals surface area contributed by atoms with Gasteiger partial charge in [-0.1, -0.05) is 48.5 Å². The van der Waals surface area contributed by atoms with Crippen molar-refractivity contribution in [3.63, 3.8) is 0 Å². The summed E-state index contributed by atoms with van der Waals surface area (Å²) in [5, 5.41) is 5.49. The Hall–Kier alpha value is -4.63. The van der Waals surface area contributed by atoms with Gasteiger partial charge in [0.1, 0.15) is 0 Å². The van der Waals surface area contributed by atoms with Crippen molar-refractivity contribution in [3.05, 3.63) is 103 Å². The number of hydrogen-bond acceptors (Lipinski definition) is 4. The fourth-order valence-corrected chi connectivity index (χ4v) is 4.99. The summed E-state index contributed by atoms with van der Waals surface area (Å²) in [6.07, 6.45) is 1.59. The molecule has 5 aromatic rings. The molecule has 0 fully saturated rings. The SMILES string of the molecule is O=C(Nc1ccc(NS(=O)(=O)c2ccccc2-c2ccccc2)cc1)Nc1ccc2nc[nH]c2c1. The minimum absolute atomic E-state index is 0.182. The van der Waals surface area contributed by atoms with Crippen molar-refractivity contribution in [2.24, 2.45) is 0 Å². The number of anilines is 3. The molecule has 2 amide bonds. The topological polar surface area (TPSA) is 116 Å². The molecule has 8 nitrogen and oxygen atoms in total. The highest BCUT2D eigenvalue weighted by Gasteiger charge is 2.19. The Bertz CT molecular complexity index is 1600. The summed E-state index contributed by atoms with van der Waals surface area (Å²) < 4.78 is 28.9. The number of nitrogens with zero attached hydrogens (tertiary/aromatic N) is 1. The number of benzene rings is 4. The van der Waals surface area contributed by atoms with Crippen LogP contribution in [0.5, 0.6) is 0 Å². The van der Waals surface area contributed by atoms with Crippen LogP contribution in [0, 0.1) is 0 Å². The van der Waals surface area contributed by atoms with Gasteiger partial charge >= 0.3 is 6.03 Å². The van der Waals surface area contributed by atoms with Gasteiger partial charge < -0.3 is 15.6 Å². The Balaban J connectivity index is 1.27. The van der Waals surface area contributed by atoms with E-state index in [-0.39, 0.29) is 4.90 Å². The Morgan fingerprint density at radius 3 is 2.20 bits per heavy atom. The van der Waals surface area contributed by atoms with Gasteiger partial charge in [-0.2, -0.15) is 0 Å². The smallest absolute Gasteiger partial charge is 0.323 e. The molecule has 0 bridgehead atoms. The lowest BCUT2D eigenvalue weighted by Gasteiger charge is -2.13. The third kappa shape index (κ3) is 4.99. The number of aromatic amines is 1. The number of aromatic nitrogens is 2. The van der Waals surface area contributed by atoms with Gasteiger partial charge in [-0.3, -0.25) is 4.72 Å². The second-order valence-electron chi connectivity index (χ2n) is 7.76. The number of nitrogens with one attached hydrogen (secondary N) is 4. The lowest BCUT2D eigenvalue weighted by Crippen LogP contribution is -2.19. The summed E-state index contributed by atoms with van der Waals surface area (Å²) >= 11 is 0. The number of fused-ring (bicyclic) bond motifs is 1.